The number of likely N-dealkylation sites (tertiary alicyclic amines) is 1. The van der Waals surface area contributed by atoms with Gasteiger partial charge in [0, 0.05) is 24.5 Å². The topological polar surface area (TPSA) is 39.6 Å². The number of nitrogens with zero attached hydrogens (tertiary/aromatic N) is 3. The third kappa shape index (κ3) is 3.37. The first-order chi connectivity index (χ1) is 10.6. The van der Waals surface area contributed by atoms with E-state index in [1.54, 1.807) is 11.3 Å². The molecule has 1 saturated carbocycles. The van der Waals surface area contributed by atoms with Crippen molar-refractivity contribution in [2.75, 3.05) is 26.2 Å². The Morgan fingerprint density at radius 1 is 1.32 bits per heavy atom. The molecule has 0 radical (unpaired) electrons. The van der Waals surface area contributed by atoms with Gasteiger partial charge in [0.25, 0.3) is 0 Å². The first-order valence-corrected chi connectivity index (χ1v) is 9.66. The summed E-state index contributed by atoms with van der Waals surface area (Å²) < 4.78 is 0. The largest absolute Gasteiger partial charge is 0.383 e. The Balaban J connectivity index is 1.60. The molecule has 4 nitrogen and oxygen atoms in total. The Labute approximate surface area is 138 Å². The molecule has 1 aromatic rings. The average Bonchev–Trinajstić information content (AvgIpc) is 2.95. The van der Waals surface area contributed by atoms with E-state index in [1.807, 2.05) is 0 Å². The molecule has 1 aliphatic heterocycles. The summed E-state index contributed by atoms with van der Waals surface area (Å²) in [4.78, 5) is 9.69. The highest BCUT2D eigenvalue weighted by atomic mass is 32.1. The summed E-state index contributed by atoms with van der Waals surface area (Å²) in [7, 11) is 0. The molecule has 0 spiro atoms. The number of aromatic nitrogens is 1. The second-order valence-electron chi connectivity index (χ2n) is 6.74. The summed E-state index contributed by atoms with van der Waals surface area (Å²) in [5.41, 5.74) is 0.214. The lowest BCUT2D eigenvalue weighted by Gasteiger charge is -2.44. The van der Waals surface area contributed by atoms with E-state index in [0.717, 1.165) is 62.3 Å². The number of rotatable bonds is 6. The summed E-state index contributed by atoms with van der Waals surface area (Å²) in [6.45, 7) is 9.40. The minimum absolute atomic E-state index is 0.696. The van der Waals surface area contributed by atoms with Crippen LogP contribution in [0.1, 0.15) is 56.7 Å². The number of hydrogen-bond acceptors (Lipinski definition) is 5. The first-order valence-electron chi connectivity index (χ1n) is 8.78. The zero-order valence-electron chi connectivity index (χ0n) is 13.9. The minimum Gasteiger partial charge on any atom is -0.383 e. The van der Waals surface area contributed by atoms with E-state index in [1.165, 1.54) is 19.3 Å². The highest BCUT2D eigenvalue weighted by molar-refractivity contribution is 7.09. The lowest BCUT2D eigenvalue weighted by molar-refractivity contribution is -0.0467. The molecular formula is C17H29N3OS. The van der Waals surface area contributed by atoms with Gasteiger partial charge in [-0.1, -0.05) is 20.3 Å². The van der Waals surface area contributed by atoms with E-state index in [9.17, 15) is 5.11 Å². The van der Waals surface area contributed by atoms with Gasteiger partial charge in [0.1, 0.15) is 10.6 Å². The van der Waals surface area contributed by atoms with Crippen molar-refractivity contribution in [2.24, 2.45) is 0 Å². The second-order valence-corrected chi connectivity index (χ2v) is 7.68. The third-order valence-corrected chi connectivity index (χ3v) is 6.33. The van der Waals surface area contributed by atoms with Crippen LogP contribution in [0.4, 0.5) is 0 Å². The smallest absolute Gasteiger partial charge is 0.110 e. The predicted octanol–water partition coefficient (Wildman–Crippen LogP) is 2.82. The molecule has 0 atom stereocenters. The number of piperidine rings is 1. The van der Waals surface area contributed by atoms with Gasteiger partial charge >= 0.3 is 0 Å². The van der Waals surface area contributed by atoms with Crippen molar-refractivity contribution in [1.82, 2.24) is 14.8 Å². The van der Waals surface area contributed by atoms with E-state index in [-0.39, 0.29) is 0 Å². The summed E-state index contributed by atoms with van der Waals surface area (Å²) >= 11 is 1.70. The van der Waals surface area contributed by atoms with E-state index >= 15 is 0 Å². The maximum atomic E-state index is 11.0. The van der Waals surface area contributed by atoms with Gasteiger partial charge in [-0.2, -0.15) is 0 Å². The van der Waals surface area contributed by atoms with Crippen LogP contribution in [-0.2, 0) is 12.1 Å². The van der Waals surface area contributed by atoms with Crippen molar-refractivity contribution in [3.8, 4) is 0 Å². The van der Waals surface area contributed by atoms with Crippen LogP contribution in [0.2, 0.25) is 0 Å². The van der Waals surface area contributed by atoms with Gasteiger partial charge in [-0.25, -0.2) is 4.98 Å². The summed E-state index contributed by atoms with van der Waals surface area (Å²) in [6.07, 6.45) is 5.74. The molecule has 0 bridgehead atoms. The maximum absolute atomic E-state index is 11.0. The predicted molar refractivity (Wildman–Crippen MR) is 91.1 cm³/mol. The molecule has 2 heterocycles. The van der Waals surface area contributed by atoms with Crippen molar-refractivity contribution in [3.05, 3.63) is 16.1 Å². The Bertz CT molecular complexity index is 474. The fourth-order valence-electron chi connectivity index (χ4n) is 3.50. The maximum Gasteiger partial charge on any atom is 0.110 e. The number of thiazole rings is 1. The molecule has 2 fully saturated rings. The molecule has 1 saturated heterocycles. The number of hydrogen-bond donors (Lipinski definition) is 1. The van der Waals surface area contributed by atoms with Crippen LogP contribution in [0.15, 0.2) is 5.38 Å². The van der Waals surface area contributed by atoms with Crippen LogP contribution in [0.25, 0.3) is 0 Å². The van der Waals surface area contributed by atoms with Crippen molar-refractivity contribution in [1.29, 1.82) is 0 Å². The molecule has 3 rings (SSSR count). The molecule has 1 N–H and O–H groups in total. The van der Waals surface area contributed by atoms with Crippen molar-refractivity contribution in [3.63, 3.8) is 0 Å². The highest BCUT2D eigenvalue weighted by Crippen LogP contribution is 2.36. The molecule has 0 aromatic carbocycles. The number of aliphatic hydroxyl groups is 1. The van der Waals surface area contributed by atoms with Crippen LogP contribution in [0, 0.1) is 0 Å². The standard InChI is InChI=1S/C17H29N3OS/c1-3-19(4-2)12-16-18-15(13-22-16)17(21)8-10-20(11-9-17)14-6-5-7-14/h13-14,21H,3-12H2,1-2H3. The molecule has 124 valence electrons. The molecule has 1 aromatic heterocycles. The Hall–Kier alpha value is -0.490. The van der Waals surface area contributed by atoms with E-state index in [0.29, 0.717) is 0 Å². The van der Waals surface area contributed by atoms with Gasteiger partial charge in [-0.3, -0.25) is 4.90 Å². The quantitative estimate of drug-likeness (QED) is 0.874. The SMILES string of the molecule is CCN(CC)Cc1nc(C2(O)CCN(C3CCC3)CC2)cs1. The molecule has 5 heteroatoms. The van der Waals surface area contributed by atoms with Gasteiger partial charge in [0.2, 0.25) is 0 Å². The summed E-state index contributed by atoms with van der Waals surface area (Å²) in [5, 5.41) is 14.2. The second kappa shape index (κ2) is 6.95. The van der Waals surface area contributed by atoms with Crippen LogP contribution in [0.3, 0.4) is 0 Å². The molecule has 2 aliphatic rings. The zero-order chi connectivity index (χ0) is 15.6. The van der Waals surface area contributed by atoms with Crippen LogP contribution in [0.5, 0.6) is 0 Å². The Morgan fingerprint density at radius 3 is 2.55 bits per heavy atom. The lowest BCUT2D eigenvalue weighted by atomic mass is 9.84. The summed E-state index contributed by atoms with van der Waals surface area (Å²) in [5.74, 6) is 0. The average molecular weight is 324 g/mol. The third-order valence-electron chi connectivity index (χ3n) is 5.50. The van der Waals surface area contributed by atoms with Crippen LogP contribution in [-0.4, -0.2) is 52.1 Å². The Kier molecular flexibility index (Phi) is 5.17. The van der Waals surface area contributed by atoms with Crippen LogP contribution < -0.4 is 0 Å². The van der Waals surface area contributed by atoms with Gasteiger partial charge in [-0.15, -0.1) is 11.3 Å². The normalized spacial score (nSPS) is 22.9. The van der Waals surface area contributed by atoms with Gasteiger partial charge in [0.05, 0.1) is 12.2 Å². The van der Waals surface area contributed by atoms with Gasteiger partial charge < -0.3 is 10.0 Å². The molecular weight excluding hydrogens is 294 g/mol. The molecule has 0 unspecified atom stereocenters. The van der Waals surface area contributed by atoms with Gasteiger partial charge in [-0.05, 0) is 38.8 Å². The van der Waals surface area contributed by atoms with Gasteiger partial charge in [0.15, 0.2) is 0 Å². The summed E-state index contributed by atoms with van der Waals surface area (Å²) in [6, 6.07) is 0.790. The minimum atomic E-state index is -0.696. The Morgan fingerprint density at radius 2 is 2.00 bits per heavy atom. The van der Waals surface area contributed by atoms with E-state index in [4.69, 9.17) is 4.98 Å². The fourth-order valence-corrected chi connectivity index (χ4v) is 4.43. The fraction of sp³-hybridized carbons (Fsp3) is 0.824. The van der Waals surface area contributed by atoms with E-state index < -0.39 is 5.60 Å². The lowest BCUT2D eigenvalue weighted by Crippen LogP contribution is -2.49. The molecule has 0 amide bonds. The first kappa shape index (κ1) is 16.4. The van der Waals surface area contributed by atoms with Crippen molar-refractivity contribution < 1.29 is 5.11 Å². The molecule has 22 heavy (non-hydrogen) atoms. The van der Waals surface area contributed by atoms with Crippen molar-refractivity contribution in [2.45, 2.75) is 64.1 Å². The van der Waals surface area contributed by atoms with E-state index in [2.05, 4.69) is 29.0 Å². The van der Waals surface area contributed by atoms with Crippen LogP contribution >= 0.6 is 11.3 Å². The monoisotopic (exact) mass is 323 g/mol. The van der Waals surface area contributed by atoms with Crippen molar-refractivity contribution >= 4 is 11.3 Å². The molecule has 1 aliphatic carbocycles. The highest BCUT2D eigenvalue weighted by Gasteiger charge is 2.38. The zero-order valence-corrected chi connectivity index (χ0v) is 14.7.